The number of hydrogen-bond acceptors (Lipinski definition) is 2. The minimum atomic E-state index is -0.813. The Balaban J connectivity index is 2.98. The van der Waals surface area contributed by atoms with Crippen molar-refractivity contribution < 1.29 is 9.59 Å². The fourth-order valence-electron chi connectivity index (χ4n) is 1.78. The van der Waals surface area contributed by atoms with Crippen LogP contribution in [0.25, 0.3) is 0 Å². The average molecular weight is 169 g/mol. The number of likely N-dealkylation sites (tertiary alicyclic amines) is 1. The van der Waals surface area contributed by atoms with Crippen LogP contribution in [0.5, 0.6) is 0 Å². The lowest BCUT2D eigenvalue weighted by Gasteiger charge is -2.37. The van der Waals surface area contributed by atoms with Crippen molar-refractivity contribution in [3.63, 3.8) is 0 Å². The molecule has 1 atom stereocenters. The summed E-state index contributed by atoms with van der Waals surface area (Å²) in [6, 6.07) is 0. The van der Waals surface area contributed by atoms with E-state index in [0.29, 0.717) is 6.54 Å². The molecule has 1 aliphatic rings. The normalized spacial score (nSPS) is 29.3. The molecular formula is C9H15NO2. The molecule has 1 heterocycles. The van der Waals surface area contributed by atoms with E-state index < -0.39 is 5.41 Å². The van der Waals surface area contributed by atoms with Gasteiger partial charge in [0, 0.05) is 19.5 Å². The zero-order valence-corrected chi connectivity index (χ0v) is 8.05. The van der Waals surface area contributed by atoms with Gasteiger partial charge in [-0.25, -0.2) is 0 Å². The predicted molar refractivity (Wildman–Crippen MR) is 45.6 cm³/mol. The van der Waals surface area contributed by atoms with Crippen LogP contribution in [0.4, 0.5) is 0 Å². The highest BCUT2D eigenvalue weighted by molar-refractivity contribution is 6.08. The third kappa shape index (κ3) is 1.13. The third-order valence-electron chi connectivity index (χ3n) is 2.49. The number of piperidine rings is 1. The summed E-state index contributed by atoms with van der Waals surface area (Å²) in [7, 11) is 1.74. The maximum atomic E-state index is 11.6. The first-order chi connectivity index (χ1) is 5.37. The predicted octanol–water partition coefficient (Wildman–Crippen LogP) is 0.690. The van der Waals surface area contributed by atoms with Gasteiger partial charge in [0.05, 0.1) is 0 Å². The van der Waals surface area contributed by atoms with Gasteiger partial charge in [0.1, 0.15) is 5.41 Å². The van der Waals surface area contributed by atoms with E-state index in [0.717, 1.165) is 0 Å². The molecule has 0 saturated carbocycles. The molecule has 0 aromatic carbocycles. The van der Waals surface area contributed by atoms with Gasteiger partial charge in [-0.15, -0.1) is 0 Å². The van der Waals surface area contributed by atoms with Crippen molar-refractivity contribution in [2.45, 2.75) is 20.8 Å². The van der Waals surface area contributed by atoms with Crippen LogP contribution in [0.15, 0.2) is 0 Å². The fraction of sp³-hybridized carbons (Fsp3) is 0.778. The Kier molecular flexibility index (Phi) is 1.98. The molecule has 0 bridgehead atoms. The minimum absolute atomic E-state index is 0.0253. The number of rotatable bonds is 0. The zero-order chi connectivity index (χ0) is 9.52. The topological polar surface area (TPSA) is 37.4 Å². The highest BCUT2D eigenvalue weighted by Crippen LogP contribution is 2.28. The number of amides is 1. The van der Waals surface area contributed by atoms with Crippen molar-refractivity contribution in [2.75, 3.05) is 13.6 Å². The van der Waals surface area contributed by atoms with Crippen molar-refractivity contribution in [2.24, 2.45) is 11.3 Å². The molecule has 0 aromatic heterocycles. The molecule has 12 heavy (non-hydrogen) atoms. The fourth-order valence-corrected chi connectivity index (χ4v) is 1.78. The Morgan fingerprint density at radius 2 is 1.92 bits per heavy atom. The lowest BCUT2D eigenvalue weighted by molar-refractivity contribution is -0.154. The third-order valence-corrected chi connectivity index (χ3v) is 2.49. The Bertz CT molecular complexity index is 211. The van der Waals surface area contributed by atoms with E-state index in [4.69, 9.17) is 0 Å². The van der Waals surface area contributed by atoms with Gasteiger partial charge in [0.15, 0.2) is 5.78 Å². The standard InChI is InChI=1S/C9H15NO2/c1-6-5-10(4)8(12)9(2,3)7(6)11/h6H,5H2,1-4H3. The zero-order valence-electron chi connectivity index (χ0n) is 8.05. The molecule has 0 radical (unpaired) electrons. The van der Waals surface area contributed by atoms with Gasteiger partial charge in [0.2, 0.25) is 5.91 Å². The van der Waals surface area contributed by atoms with E-state index in [1.54, 1.807) is 25.8 Å². The summed E-state index contributed by atoms with van der Waals surface area (Å²) in [5.74, 6) is -0.0288. The number of carbonyl (C=O) groups is 2. The highest BCUT2D eigenvalue weighted by atomic mass is 16.2. The molecule has 0 spiro atoms. The monoisotopic (exact) mass is 169 g/mol. The summed E-state index contributed by atoms with van der Waals surface area (Å²) in [5.41, 5.74) is -0.813. The second-order valence-corrected chi connectivity index (χ2v) is 4.08. The van der Waals surface area contributed by atoms with Gasteiger partial charge < -0.3 is 4.90 Å². The largest absolute Gasteiger partial charge is 0.344 e. The molecule has 1 amide bonds. The van der Waals surface area contributed by atoms with Gasteiger partial charge in [-0.3, -0.25) is 9.59 Å². The van der Waals surface area contributed by atoms with Crippen LogP contribution in [-0.4, -0.2) is 30.2 Å². The quantitative estimate of drug-likeness (QED) is 0.500. The molecule has 68 valence electrons. The number of ketones is 1. The molecule has 1 rings (SSSR count). The van der Waals surface area contributed by atoms with E-state index in [2.05, 4.69) is 0 Å². The van der Waals surface area contributed by atoms with Crippen LogP contribution in [0.2, 0.25) is 0 Å². The molecule has 0 aromatic rings. The lowest BCUT2D eigenvalue weighted by atomic mass is 9.77. The van der Waals surface area contributed by atoms with Crippen molar-refractivity contribution in [3.8, 4) is 0 Å². The van der Waals surface area contributed by atoms with Gasteiger partial charge in [0.25, 0.3) is 0 Å². The molecule has 3 heteroatoms. The molecule has 1 fully saturated rings. The SMILES string of the molecule is CC1CN(C)C(=O)C(C)(C)C1=O. The van der Waals surface area contributed by atoms with E-state index in [1.807, 2.05) is 6.92 Å². The Labute approximate surface area is 72.7 Å². The van der Waals surface area contributed by atoms with Crippen LogP contribution >= 0.6 is 0 Å². The number of carbonyl (C=O) groups excluding carboxylic acids is 2. The van der Waals surface area contributed by atoms with Crippen LogP contribution < -0.4 is 0 Å². The summed E-state index contributed by atoms with van der Waals surface area (Å²) in [4.78, 5) is 24.7. The van der Waals surface area contributed by atoms with Crippen LogP contribution in [0.3, 0.4) is 0 Å². The minimum Gasteiger partial charge on any atom is -0.344 e. The number of Topliss-reactive ketones (excluding diaryl/α,β-unsaturated/α-hetero) is 1. The average Bonchev–Trinajstić information content (AvgIpc) is 1.99. The van der Waals surface area contributed by atoms with Crippen LogP contribution in [0.1, 0.15) is 20.8 Å². The van der Waals surface area contributed by atoms with Gasteiger partial charge >= 0.3 is 0 Å². The first-order valence-corrected chi connectivity index (χ1v) is 4.17. The number of hydrogen-bond donors (Lipinski definition) is 0. The second kappa shape index (κ2) is 2.57. The van der Waals surface area contributed by atoms with Crippen molar-refractivity contribution in [1.29, 1.82) is 0 Å². The molecule has 3 nitrogen and oxygen atoms in total. The summed E-state index contributed by atoms with van der Waals surface area (Å²) in [6.07, 6.45) is 0. The second-order valence-electron chi connectivity index (χ2n) is 4.08. The van der Waals surface area contributed by atoms with Crippen LogP contribution in [0, 0.1) is 11.3 Å². The van der Waals surface area contributed by atoms with E-state index in [-0.39, 0.29) is 17.6 Å². The summed E-state index contributed by atoms with van der Waals surface area (Å²) in [6.45, 7) is 5.82. The van der Waals surface area contributed by atoms with Crippen molar-refractivity contribution in [3.05, 3.63) is 0 Å². The van der Waals surface area contributed by atoms with Gasteiger partial charge in [-0.1, -0.05) is 6.92 Å². The first-order valence-electron chi connectivity index (χ1n) is 4.17. The number of nitrogens with zero attached hydrogens (tertiary/aromatic N) is 1. The Morgan fingerprint density at radius 3 is 2.42 bits per heavy atom. The smallest absolute Gasteiger partial charge is 0.235 e. The summed E-state index contributed by atoms with van der Waals surface area (Å²) < 4.78 is 0. The molecule has 0 N–H and O–H groups in total. The van der Waals surface area contributed by atoms with Crippen molar-refractivity contribution >= 4 is 11.7 Å². The summed E-state index contributed by atoms with van der Waals surface area (Å²) >= 11 is 0. The molecule has 1 aliphatic heterocycles. The Hall–Kier alpha value is -0.860. The van der Waals surface area contributed by atoms with Crippen molar-refractivity contribution in [1.82, 2.24) is 4.90 Å². The first kappa shape index (κ1) is 9.23. The maximum Gasteiger partial charge on any atom is 0.235 e. The van der Waals surface area contributed by atoms with Gasteiger partial charge in [-0.05, 0) is 13.8 Å². The molecule has 1 saturated heterocycles. The van der Waals surface area contributed by atoms with Crippen LogP contribution in [-0.2, 0) is 9.59 Å². The molecule has 0 aliphatic carbocycles. The molecule has 1 unspecified atom stereocenters. The van der Waals surface area contributed by atoms with E-state index >= 15 is 0 Å². The van der Waals surface area contributed by atoms with Gasteiger partial charge in [-0.2, -0.15) is 0 Å². The molecular weight excluding hydrogens is 154 g/mol. The lowest BCUT2D eigenvalue weighted by Crippen LogP contribution is -2.53. The Morgan fingerprint density at radius 1 is 1.42 bits per heavy atom. The van der Waals surface area contributed by atoms with E-state index in [1.165, 1.54) is 0 Å². The summed E-state index contributed by atoms with van der Waals surface area (Å²) in [5, 5.41) is 0. The highest BCUT2D eigenvalue weighted by Gasteiger charge is 2.44. The van der Waals surface area contributed by atoms with E-state index in [9.17, 15) is 9.59 Å². The maximum absolute atomic E-state index is 11.6.